The van der Waals surface area contributed by atoms with Crippen LogP contribution in [0.4, 0.5) is 0 Å². The summed E-state index contributed by atoms with van der Waals surface area (Å²) in [6.45, 7) is 4.01. The van der Waals surface area contributed by atoms with Crippen molar-refractivity contribution >= 4 is 9.84 Å². The molecular formula is C10H22N2O2S. The van der Waals surface area contributed by atoms with Gasteiger partial charge in [0.15, 0.2) is 0 Å². The van der Waals surface area contributed by atoms with E-state index in [0.717, 1.165) is 25.9 Å². The van der Waals surface area contributed by atoms with Crippen LogP contribution in [0.2, 0.25) is 0 Å². The minimum Gasteiger partial charge on any atom is -0.317 e. The van der Waals surface area contributed by atoms with E-state index in [1.165, 1.54) is 6.26 Å². The monoisotopic (exact) mass is 234 g/mol. The lowest BCUT2D eigenvalue weighted by atomic mass is 10.0. The van der Waals surface area contributed by atoms with Gasteiger partial charge in [-0.25, -0.2) is 8.42 Å². The number of hydrogen-bond acceptors (Lipinski definition) is 4. The molecule has 0 spiro atoms. The van der Waals surface area contributed by atoms with Crippen molar-refractivity contribution < 1.29 is 8.42 Å². The molecule has 1 atom stereocenters. The summed E-state index contributed by atoms with van der Waals surface area (Å²) in [7, 11) is -0.863. The molecule has 0 aromatic carbocycles. The van der Waals surface area contributed by atoms with Crippen molar-refractivity contribution in [3.05, 3.63) is 0 Å². The van der Waals surface area contributed by atoms with Crippen LogP contribution in [-0.4, -0.2) is 57.5 Å². The number of rotatable bonds is 4. The highest BCUT2D eigenvalue weighted by Gasteiger charge is 2.23. The van der Waals surface area contributed by atoms with Crippen molar-refractivity contribution in [3.8, 4) is 0 Å². The first kappa shape index (κ1) is 12.9. The van der Waals surface area contributed by atoms with Crippen molar-refractivity contribution in [2.75, 3.05) is 32.1 Å². The second-order valence-electron chi connectivity index (χ2n) is 4.54. The molecule has 90 valence electrons. The van der Waals surface area contributed by atoms with Crippen LogP contribution < -0.4 is 5.32 Å². The molecule has 1 heterocycles. The van der Waals surface area contributed by atoms with Gasteiger partial charge in [0.05, 0.1) is 5.75 Å². The molecular weight excluding hydrogens is 212 g/mol. The maximum Gasteiger partial charge on any atom is 0.148 e. The minimum absolute atomic E-state index is 0.151. The minimum atomic E-state index is -2.85. The molecule has 5 heteroatoms. The number of nitrogens with one attached hydrogen (secondary N) is 1. The van der Waals surface area contributed by atoms with Crippen LogP contribution in [0.25, 0.3) is 0 Å². The van der Waals surface area contributed by atoms with Gasteiger partial charge < -0.3 is 5.32 Å². The molecule has 1 rings (SSSR count). The lowest BCUT2D eigenvalue weighted by molar-refractivity contribution is 0.165. The summed E-state index contributed by atoms with van der Waals surface area (Å²) in [5.74, 6) is 0.275. The Balaban J connectivity index is 2.39. The lowest BCUT2D eigenvalue weighted by Crippen LogP contribution is -2.46. The average molecular weight is 234 g/mol. The summed E-state index contributed by atoms with van der Waals surface area (Å²) in [5.41, 5.74) is 0. The largest absolute Gasteiger partial charge is 0.317 e. The SMILES string of the molecule is CNC1CCN(C(C)CS(C)(=O)=O)CC1. The van der Waals surface area contributed by atoms with Crippen molar-refractivity contribution in [3.63, 3.8) is 0 Å². The quantitative estimate of drug-likeness (QED) is 0.750. The highest BCUT2D eigenvalue weighted by atomic mass is 32.2. The molecule has 4 nitrogen and oxygen atoms in total. The zero-order valence-corrected chi connectivity index (χ0v) is 10.7. The summed E-state index contributed by atoms with van der Waals surface area (Å²) in [5, 5.41) is 3.27. The molecule has 0 radical (unpaired) electrons. The smallest absolute Gasteiger partial charge is 0.148 e. The van der Waals surface area contributed by atoms with Crippen LogP contribution in [0.1, 0.15) is 19.8 Å². The van der Waals surface area contributed by atoms with Gasteiger partial charge in [0.25, 0.3) is 0 Å². The molecule has 15 heavy (non-hydrogen) atoms. The fraction of sp³-hybridized carbons (Fsp3) is 1.00. The van der Waals surface area contributed by atoms with Crippen molar-refractivity contribution in [2.45, 2.75) is 31.8 Å². The van der Waals surface area contributed by atoms with E-state index in [1.54, 1.807) is 0 Å². The topological polar surface area (TPSA) is 49.4 Å². The van der Waals surface area contributed by atoms with E-state index in [9.17, 15) is 8.42 Å². The summed E-state index contributed by atoms with van der Waals surface area (Å²) >= 11 is 0. The van der Waals surface area contributed by atoms with Gasteiger partial charge in [-0.3, -0.25) is 4.90 Å². The molecule has 0 aliphatic carbocycles. The Morgan fingerprint density at radius 3 is 2.33 bits per heavy atom. The van der Waals surface area contributed by atoms with Gasteiger partial charge >= 0.3 is 0 Å². The number of nitrogens with zero attached hydrogens (tertiary/aromatic N) is 1. The molecule has 0 aromatic heterocycles. The molecule has 1 N–H and O–H groups in total. The van der Waals surface area contributed by atoms with Crippen molar-refractivity contribution in [2.24, 2.45) is 0 Å². The van der Waals surface area contributed by atoms with Crippen LogP contribution in [0, 0.1) is 0 Å². The fourth-order valence-corrected chi connectivity index (χ4v) is 3.26. The lowest BCUT2D eigenvalue weighted by Gasteiger charge is -2.35. The predicted molar refractivity (Wildman–Crippen MR) is 62.8 cm³/mol. The standard InChI is InChI=1S/C10H22N2O2S/c1-9(8-15(3,13)14)12-6-4-10(11-2)5-7-12/h9-11H,4-8H2,1-3H3. The highest BCUT2D eigenvalue weighted by molar-refractivity contribution is 7.90. The first-order valence-corrected chi connectivity index (χ1v) is 7.57. The van der Waals surface area contributed by atoms with E-state index in [0.29, 0.717) is 6.04 Å². The van der Waals surface area contributed by atoms with E-state index in [1.807, 2.05) is 14.0 Å². The Hall–Kier alpha value is -0.130. The summed E-state index contributed by atoms with van der Waals surface area (Å²) in [4.78, 5) is 2.27. The van der Waals surface area contributed by atoms with E-state index in [4.69, 9.17) is 0 Å². The second kappa shape index (κ2) is 5.27. The van der Waals surface area contributed by atoms with E-state index in [2.05, 4.69) is 10.2 Å². The van der Waals surface area contributed by atoms with Gasteiger partial charge in [0.2, 0.25) is 0 Å². The number of piperidine rings is 1. The van der Waals surface area contributed by atoms with Crippen LogP contribution in [0.15, 0.2) is 0 Å². The van der Waals surface area contributed by atoms with Crippen LogP contribution in [0.5, 0.6) is 0 Å². The summed E-state index contributed by atoms with van der Waals surface area (Å²) in [6, 6.07) is 0.754. The normalized spacial score (nSPS) is 22.9. The Kier molecular flexibility index (Phi) is 4.55. The predicted octanol–water partition coefficient (Wildman–Crippen LogP) is 0.103. The maximum atomic E-state index is 11.2. The third-order valence-corrected chi connectivity index (χ3v) is 4.19. The molecule has 0 amide bonds. The first-order chi connectivity index (χ1) is 6.92. The second-order valence-corrected chi connectivity index (χ2v) is 6.73. The summed E-state index contributed by atoms with van der Waals surface area (Å²) < 4.78 is 22.3. The van der Waals surface area contributed by atoms with Gasteiger partial charge in [0.1, 0.15) is 9.84 Å². The molecule has 1 aliphatic rings. The Morgan fingerprint density at radius 1 is 1.40 bits per heavy atom. The molecule has 0 saturated carbocycles. The van der Waals surface area contributed by atoms with Gasteiger partial charge in [0, 0.05) is 18.3 Å². The zero-order chi connectivity index (χ0) is 11.5. The number of hydrogen-bond donors (Lipinski definition) is 1. The van der Waals surface area contributed by atoms with Crippen LogP contribution >= 0.6 is 0 Å². The zero-order valence-electron chi connectivity index (χ0n) is 9.86. The summed E-state index contributed by atoms with van der Waals surface area (Å²) in [6.07, 6.45) is 3.54. The number of likely N-dealkylation sites (tertiary alicyclic amines) is 1. The first-order valence-electron chi connectivity index (χ1n) is 5.51. The highest BCUT2D eigenvalue weighted by Crippen LogP contribution is 2.13. The molecule has 1 saturated heterocycles. The third kappa shape index (κ3) is 4.49. The van der Waals surface area contributed by atoms with E-state index in [-0.39, 0.29) is 11.8 Å². The van der Waals surface area contributed by atoms with Gasteiger partial charge in [-0.2, -0.15) is 0 Å². The van der Waals surface area contributed by atoms with Crippen LogP contribution in [0.3, 0.4) is 0 Å². The van der Waals surface area contributed by atoms with Crippen molar-refractivity contribution in [1.29, 1.82) is 0 Å². The van der Waals surface area contributed by atoms with Gasteiger partial charge in [-0.05, 0) is 39.9 Å². The fourth-order valence-electron chi connectivity index (χ4n) is 2.17. The Bertz CT molecular complexity index is 282. The average Bonchev–Trinajstić information content (AvgIpc) is 2.15. The Labute approximate surface area is 93.0 Å². The number of sulfone groups is 1. The van der Waals surface area contributed by atoms with Crippen molar-refractivity contribution in [1.82, 2.24) is 10.2 Å². The molecule has 0 bridgehead atoms. The maximum absolute atomic E-state index is 11.2. The molecule has 1 fully saturated rings. The van der Waals surface area contributed by atoms with Gasteiger partial charge in [-0.15, -0.1) is 0 Å². The Morgan fingerprint density at radius 2 is 1.93 bits per heavy atom. The van der Waals surface area contributed by atoms with E-state index < -0.39 is 9.84 Å². The van der Waals surface area contributed by atoms with Crippen LogP contribution in [-0.2, 0) is 9.84 Å². The van der Waals surface area contributed by atoms with Gasteiger partial charge in [-0.1, -0.05) is 0 Å². The molecule has 0 aromatic rings. The molecule has 1 aliphatic heterocycles. The third-order valence-electron chi connectivity index (χ3n) is 3.11. The molecule has 1 unspecified atom stereocenters. The van der Waals surface area contributed by atoms with E-state index >= 15 is 0 Å².